The third kappa shape index (κ3) is 4.42. The van der Waals surface area contributed by atoms with E-state index in [2.05, 4.69) is 25.4 Å². The number of rotatable bonds is 6. The van der Waals surface area contributed by atoms with Crippen LogP contribution in [0.2, 0.25) is 0 Å². The Hall–Kier alpha value is -2.74. The maximum Gasteiger partial charge on any atom is 0.230 e. The van der Waals surface area contributed by atoms with Crippen LogP contribution in [-0.4, -0.2) is 31.8 Å². The molecule has 0 aliphatic rings. The lowest BCUT2D eigenvalue weighted by Crippen LogP contribution is -2.28. The quantitative estimate of drug-likeness (QED) is 0.679. The van der Waals surface area contributed by atoms with Gasteiger partial charge in [-0.1, -0.05) is 23.0 Å². The van der Waals surface area contributed by atoms with E-state index >= 15 is 0 Å². The highest BCUT2D eigenvalue weighted by molar-refractivity contribution is 8.00. The van der Waals surface area contributed by atoms with Crippen LogP contribution in [0.5, 0.6) is 0 Å². The monoisotopic (exact) mass is 355 g/mol. The highest BCUT2D eigenvalue weighted by atomic mass is 32.2. The number of nitrogens with zero attached hydrogens (tertiary/aromatic N) is 4. The van der Waals surface area contributed by atoms with Crippen molar-refractivity contribution in [2.75, 3.05) is 5.75 Å². The van der Waals surface area contributed by atoms with Gasteiger partial charge in [0.15, 0.2) is 0 Å². The van der Waals surface area contributed by atoms with Gasteiger partial charge in [-0.25, -0.2) is 4.98 Å². The zero-order valence-corrected chi connectivity index (χ0v) is 14.7. The van der Waals surface area contributed by atoms with Gasteiger partial charge in [0.05, 0.1) is 17.4 Å². The minimum atomic E-state index is -0.107. The first-order valence-corrected chi connectivity index (χ1v) is 8.70. The molecule has 8 heteroatoms. The van der Waals surface area contributed by atoms with Crippen LogP contribution in [0.3, 0.4) is 0 Å². The predicted molar refractivity (Wildman–Crippen MR) is 93.8 cm³/mol. The normalized spacial score (nSPS) is 11.9. The third-order valence-electron chi connectivity index (χ3n) is 3.44. The van der Waals surface area contributed by atoms with Gasteiger partial charge < -0.3 is 9.84 Å². The van der Waals surface area contributed by atoms with Crippen LogP contribution in [0.1, 0.15) is 24.4 Å². The molecule has 1 atom stereocenters. The van der Waals surface area contributed by atoms with E-state index in [9.17, 15) is 4.79 Å². The lowest BCUT2D eigenvalue weighted by Gasteiger charge is -2.13. The topological polar surface area (TPSA) is 93.8 Å². The van der Waals surface area contributed by atoms with Gasteiger partial charge in [0.1, 0.15) is 5.03 Å². The maximum absolute atomic E-state index is 12.2. The van der Waals surface area contributed by atoms with Gasteiger partial charge in [0.2, 0.25) is 17.6 Å². The zero-order valence-electron chi connectivity index (χ0n) is 13.8. The molecule has 3 rings (SSSR count). The Morgan fingerprint density at radius 2 is 2.16 bits per heavy atom. The van der Waals surface area contributed by atoms with E-state index in [1.54, 1.807) is 31.6 Å². The first-order valence-electron chi connectivity index (χ1n) is 7.71. The summed E-state index contributed by atoms with van der Waals surface area (Å²) in [7, 11) is 0. The number of hydrogen-bond donors (Lipinski definition) is 1. The van der Waals surface area contributed by atoms with Crippen molar-refractivity contribution in [2.24, 2.45) is 0 Å². The van der Waals surface area contributed by atoms with E-state index < -0.39 is 0 Å². The number of carbonyl (C=O) groups is 1. The van der Waals surface area contributed by atoms with Gasteiger partial charge in [-0.05, 0) is 30.7 Å². The number of aryl methyl sites for hydroxylation is 1. The lowest BCUT2D eigenvalue weighted by atomic mass is 10.1. The Labute approximate surface area is 149 Å². The van der Waals surface area contributed by atoms with Gasteiger partial charge in [0.25, 0.3) is 0 Å². The summed E-state index contributed by atoms with van der Waals surface area (Å²) < 4.78 is 5.02. The lowest BCUT2D eigenvalue weighted by molar-refractivity contribution is -0.119. The molecule has 0 aliphatic heterocycles. The SMILES string of the molecule is Cc1nc(-c2cccnc2SCC(=O)N[C@@H](C)c2cccnc2)no1. The van der Waals surface area contributed by atoms with Gasteiger partial charge in [-0.3, -0.25) is 9.78 Å². The molecule has 3 heterocycles. The van der Waals surface area contributed by atoms with Crippen molar-refractivity contribution in [3.63, 3.8) is 0 Å². The second-order valence-corrected chi connectivity index (χ2v) is 6.32. The molecule has 128 valence electrons. The summed E-state index contributed by atoms with van der Waals surface area (Å²) in [5, 5.41) is 7.55. The Morgan fingerprint density at radius 1 is 1.32 bits per heavy atom. The highest BCUT2D eigenvalue weighted by Gasteiger charge is 2.15. The summed E-state index contributed by atoms with van der Waals surface area (Å²) in [5.41, 5.74) is 1.71. The largest absolute Gasteiger partial charge is 0.349 e. The molecule has 0 saturated heterocycles. The van der Waals surface area contributed by atoms with Crippen molar-refractivity contribution < 1.29 is 9.32 Å². The fourth-order valence-electron chi connectivity index (χ4n) is 2.22. The van der Waals surface area contributed by atoms with Crippen LogP contribution in [0.25, 0.3) is 11.4 Å². The minimum Gasteiger partial charge on any atom is -0.349 e. The van der Waals surface area contributed by atoms with Crippen molar-refractivity contribution in [1.82, 2.24) is 25.4 Å². The second-order valence-electron chi connectivity index (χ2n) is 5.36. The molecule has 0 aromatic carbocycles. The van der Waals surface area contributed by atoms with Gasteiger partial charge >= 0.3 is 0 Å². The highest BCUT2D eigenvalue weighted by Crippen LogP contribution is 2.27. The molecular formula is C17H17N5O2S. The maximum atomic E-state index is 12.2. The van der Waals surface area contributed by atoms with Crippen molar-refractivity contribution in [1.29, 1.82) is 0 Å². The predicted octanol–water partition coefficient (Wildman–Crippen LogP) is 2.80. The van der Waals surface area contributed by atoms with Crippen LogP contribution >= 0.6 is 11.8 Å². The summed E-state index contributed by atoms with van der Waals surface area (Å²) in [6.45, 7) is 3.65. The van der Waals surface area contributed by atoms with E-state index in [-0.39, 0.29) is 17.7 Å². The molecule has 0 unspecified atom stereocenters. The van der Waals surface area contributed by atoms with Crippen molar-refractivity contribution in [3.05, 3.63) is 54.3 Å². The number of nitrogens with one attached hydrogen (secondary N) is 1. The molecule has 0 saturated carbocycles. The molecule has 25 heavy (non-hydrogen) atoms. The summed E-state index contributed by atoms with van der Waals surface area (Å²) in [4.78, 5) is 24.8. The average Bonchev–Trinajstić information content (AvgIpc) is 3.07. The molecule has 0 bridgehead atoms. The molecule has 1 amide bonds. The van der Waals surface area contributed by atoms with Gasteiger partial charge in [-0.15, -0.1) is 0 Å². The Kier molecular flexibility index (Phi) is 5.39. The molecule has 7 nitrogen and oxygen atoms in total. The molecule has 1 N–H and O–H groups in total. The Balaban J connectivity index is 1.63. The second kappa shape index (κ2) is 7.89. The first-order chi connectivity index (χ1) is 12.1. The van der Waals surface area contributed by atoms with Crippen LogP contribution in [0.4, 0.5) is 0 Å². The van der Waals surface area contributed by atoms with Gasteiger partial charge in [0, 0.05) is 25.5 Å². The standard InChI is InChI=1S/C17H17N5O2S/c1-11(13-5-3-7-18-9-13)20-15(23)10-25-17-14(6-4-8-19-17)16-21-12(2)24-22-16/h3-9,11H,10H2,1-2H3,(H,20,23)/t11-/m0/s1. The van der Waals surface area contributed by atoms with E-state index in [1.165, 1.54) is 11.8 Å². The number of carbonyl (C=O) groups excluding carboxylic acids is 1. The fraction of sp³-hybridized carbons (Fsp3) is 0.235. The third-order valence-corrected chi connectivity index (χ3v) is 4.45. The molecule has 3 aromatic heterocycles. The van der Waals surface area contributed by atoms with Crippen LogP contribution < -0.4 is 5.32 Å². The van der Waals surface area contributed by atoms with E-state index in [0.717, 1.165) is 11.1 Å². The minimum absolute atomic E-state index is 0.0813. The van der Waals surface area contributed by atoms with Crippen molar-refractivity contribution >= 4 is 17.7 Å². The average molecular weight is 355 g/mol. The fourth-order valence-corrected chi connectivity index (χ4v) is 3.02. The molecule has 0 fully saturated rings. The number of aromatic nitrogens is 4. The van der Waals surface area contributed by atoms with E-state index in [0.29, 0.717) is 16.7 Å². The van der Waals surface area contributed by atoms with Crippen LogP contribution in [-0.2, 0) is 4.79 Å². The van der Waals surface area contributed by atoms with Crippen LogP contribution in [0, 0.1) is 6.92 Å². The zero-order chi connectivity index (χ0) is 17.6. The summed E-state index contributed by atoms with van der Waals surface area (Å²) >= 11 is 1.34. The molecular weight excluding hydrogens is 338 g/mol. The van der Waals surface area contributed by atoms with E-state index in [1.807, 2.05) is 25.1 Å². The summed E-state index contributed by atoms with van der Waals surface area (Å²) in [6, 6.07) is 7.33. The number of pyridine rings is 2. The summed E-state index contributed by atoms with van der Waals surface area (Å²) in [6.07, 6.45) is 5.12. The number of amides is 1. The Morgan fingerprint density at radius 3 is 2.88 bits per heavy atom. The summed E-state index contributed by atoms with van der Waals surface area (Å²) in [5.74, 6) is 1.11. The molecule has 0 spiro atoms. The molecule has 0 aliphatic carbocycles. The first kappa shape index (κ1) is 17.1. The Bertz CT molecular complexity index is 853. The van der Waals surface area contributed by atoms with Gasteiger partial charge in [-0.2, -0.15) is 4.98 Å². The van der Waals surface area contributed by atoms with E-state index in [4.69, 9.17) is 4.52 Å². The molecule has 3 aromatic rings. The smallest absolute Gasteiger partial charge is 0.230 e. The number of thioether (sulfide) groups is 1. The van der Waals surface area contributed by atoms with Crippen molar-refractivity contribution in [3.8, 4) is 11.4 Å². The number of hydrogen-bond acceptors (Lipinski definition) is 7. The molecule has 0 radical (unpaired) electrons. The van der Waals surface area contributed by atoms with Crippen molar-refractivity contribution in [2.45, 2.75) is 24.9 Å². The van der Waals surface area contributed by atoms with Crippen LogP contribution in [0.15, 0.2) is 52.4 Å².